The molecule has 0 unspecified atom stereocenters. The van der Waals surface area contributed by atoms with Crippen molar-refractivity contribution in [2.75, 3.05) is 45.2 Å². The van der Waals surface area contributed by atoms with Crippen LogP contribution in [-0.2, 0) is 16.1 Å². The minimum Gasteiger partial charge on any atom is -0.465 e. The molecule has 1 aromatic heterocycles. The van der Waals surface area contributed by atoms with E-state index in [-0.39, 0.29) is 12.5 Å². The lowest BCUT2D eigenvalue weighted by atomic mass is 9.97. The molecule has 2 aromatic carbocycles. The van der Waals surface area contributed by atoms with E-state index in [1.165, 1.54) is 18.4 Å². The van der Waals surface area contributed by atoms with E-state index in [4.69, 9.17) is 27.9 Å². The molecule has 0 bridgehead atoms. The first-order chi connectivity index (χ1) is 17.2. The number of carbonyl (C=O) groups is 2. The number of thiophene rings is 1. The summed E-state index contributed by atoms with van der Waals surface area (Å²) >= 11 is 13.7. The average Bonchev–Trinajstić information content (AvgIpc) is 3.26. The number of esters is 1. The molecule has 1 N–H and O–H groups in total. The van der Waals surface area contributed by atoms with Gasteiger partial charge in [0.15, 0.2) is 0 Å². The maximum Gasteiger partial charge on any atom is 0.341 e. The first kappa shape index (κ1) is 26.6. The molecule has 36 heavy (non-hydrogen) atoms. The number of benzene rings is 2. The third kappa shape index (κ3) is 6.28. The summed E-state index contributed by atoms with van der Waals surface area (Å²) in [6.07, 6.45) is 0. The van der Waals surface area contributed by atoms with Crippen molar-refractivity contribution in [2.45, 2.75) is 20.4 Å². The van der Waals surface area contributed by atoms with Gasteiger partial charge in [0.25, 0.3) is 0 Å². The second-order valence-electron chi connectivity index (χ2n) is 9.00. The summed E-state index contributed by atoms with van der Waals surface area (Å²) in [5.74, 6) is -0.611. The van der Waals surface area contributed by atoms with Gasteiger partial charge in [-0.1, -0.05) is 53.0 Å². The Bertz CT molecular complexity index is 1270. The number of aryl methyl sites for hydroxylation is 2. The van der Waals surface area contributed by atoms with Gasteiger partial charge in [0.2, 0.25) is 5.91 Å². The van der Waals surface area contributed by atoms with Crippen LogP contribution in [-0.4, -0.2) is 61.5 Å². The number of carbonyl (C=O) groups excluding carboxylic acids is 2. The van der Waals surface area contributed by atoms with Crippen LogP contribution >= 0.6 is 34.5 Å². The maximum atomic E-state index is 12.9. The summed E-state index contributed by atoms with van der Waals surface area (Å²) in [6.45, 7) is 8.21. The van der Waals surface area contributed by atoms with Crippen molar-refractivity contribution in [3.8, 4) is 11.1 Å². The first-order valence-corrected chi connectivity index (χ1v) is 13.3. The van der Waals surface area contributed by atoms with Gasteiger partial charge in [-0.2, -0.15) is 0 Å². The highest BCUT2D eigenvalue weighted by molar-refractivity contribution is 7.15. The monoisotopic (exact) mass is 545 g/mol. The van der Waals surface area contributed by atoms with E-state index < -0.39 is 5.97 Å². The van der Waals surface area contributed by atoms with Crippen molar-refractivity contribution >= 4 is 51.4 Å². The zero-order valence-corrected chi connectivity index (χ0v) is 22.9. The summed E-state index contributed by atoms with van der Waals surface area (Å²) in [5.41, 5.74) is 5.33. The van der Waals surface area contributed by atoms with Crippen molar-refractivity contribution in [1.82, 2.24) is 9.80 Å². The Morgan fingerprint density at radius 1 is 1.00 bits per heavy atom. The van der Waals surface area contributed by atoms with E-state index in [1.807, 2.05) is 49.6 Å². The van der Waals surface area contributed by atoms with E-state index in [9.17, 15) is 9.59 Å². The molecule has 1 aliphatic rings. The topological polar surface area (TPSA) is 61.9 Å². The molecule has 0 spiro atoms. The fourth-order valence-corrected chi connectivity index (χ4v) is 5.78. The smallest absolute Gasteiger partial charge is 0.341 e. The van der Waals surface area contributed by atoms with Crippen molar-refractivity contribution < 1.29 is 14.3 Å². The number of hydrogen-bond acceptors (Lipinski definition) is 6. The lowest BCUT2D eigenvalue weighted by Crippen LogP contribution is -2.48. The predicted octanol–water partition coefficient (Wildman–Crippen LogP) is 5.88. The van der Waals surface area contributed by atoms with E-state index in [2.05, 4.69) is 15.1 Å². The zero-order chi connectivity index (χ0) is 25.8. The molecule has 1 amide bonds. The Morgan fingerprint density at radius 3 is 2.42 bits per heavy atom. The highest BCUT2D eigenvalue weighted by Crippen LogP contribution is 2.38. The number of amides is 1. The fraction of sp³-hybridized carbons (Fsp3) is 0.333. The number of piperazine rings is 1. The number of hydrogen-bond donors (Lipinski definition) is 1. The number of rotatable bonds is 7. The Kier molecular flexibility index (Phi) is 8.70. The first-order valence-electron chi connectivity index (χ1n) is 11.7. The molecule has 2 heterocycles. The number of nitrogens with zero attached hydrogens (tertiary/aromatic N) is 2. The molecule has 4 rings (SSSR count). The summed E-state index contributed by atoms with van der Waals surface area (Å²) in [7, 11) is 1.36. The van der Waals surface area contributed by atoms with E-state index in [0.717, 1.165) is 60.5 Å². The van der Waals surface area contributed by atoms with Gasteiger partial charge in [-0.3, -0.25) is 14.6 Å². The molecular formula is C27H29Cl2N3O3S. The summed E-state index contributed by atoms with van der Waals surface area (Å²) < 4.78 is 5.06. The molecule has 1 saturated heterocycles. The van der Waals surface area contributed by atoms with Gasteiger partial charge < -0.3 is 10.1 Å². The Labute approximate surface area is 225 Å². The minimum absolute atomic E-state index is 0.149. The lowest BCUT2D eigenvalue weighted by Gasteiger charge is -2.34. The second kappa shape index (κ2) is 11.8. The van der Waals surface area contributed by atoms with Crippen LogP contribution in [0.15, 0.2) is 41.8 Å². The highest BCUT2D eigenvalue weighted by Gasteiger charge is 2.25. The maximum absolute atomic E-state index is 12.9. The third-order valence-electron chi connectivity index (χ3n) is 6.36. The number of anilines is 1. The van der Waals surface area contributed by atoms with Gasteiger partial charge in [-0.25, -0.2) is 4.79 Å². The Morgan fingerprint density at radius 2 is 1.72 bits per heavy atom. The second-order valence-corrected chi connectivity index (χ2v) is 10.7. The molecule has 9 heteroatoms. The van der Waals surface area contributed by atoms with Crippen LogP contribution in [0.5, 0.6) is 0 Å². The molecule has 3 aromatic rings. The van der Waals surface area contributed by atoms with Crippen LogP contribution in [0.25, 0.3) is 11.1 Å². The number of ether oxygens (including phenoxy) is 1. The van der Waals surface area contributed by atoms with Crippen LogP contribution in [0.2, 0.25) is 10.0 Å². The van der Waals surface area contributed by atoms with Gasteiger partial charge >= 0.3 is 5.97 Å². The van der Waals surface area contributed by atoms with Crippen LogP contribution in [0.3, 0.4) is 0 Å². The fourth-order valence-electron chi connectivity index (χ4n) is 4.34. The summed E-state index contributed by atoms with van der Waals surface area (Å²) in [4.78, 5) is 30.0. The molecule has 0 saturated carbocycles. The van der Waals surface area contributed by atoms with Gasteiger partial charge in [-0.05, 0) is 42.7 Å². The number of nitrogens with one attached hydrogen (secondary N) is 1. The summed E-state index contributed by atoms with van der Waals surface area (Å²) in [6, 6.07) is 11.7. The highest BCUT2D eigenvalue weighted by atomic mass is 35.5. The molecule has 1 aliphatic heterocycles. The van der Waals surface area contributed by atoms with Crippen molar-refractivity contribution in [3.63, 3.8) is 0 Å². The number of methoxy groups -OCH3 is 1. The molecular weight excluding hydrogens is 517 g/mol. The van der Waals surface area contributed by atoms with Gasteiger partial charge in [0.1, 0.15) is 10.6 Å². The zero-order valence-electron chi connectivity index (χ0n) is 20.6. The molecule has 1 fully saturated rings. The van der Waals surface area contributed by atoms with Crippen LogP contribution < -0.4 is 5.32 Å². The lowest BCUT2D eigenvalue weighted by molar-refractivity contribution is -0.117. The largest absolute Gasteiger partial charge is 0.465 e. The van der Waals surface area contributed by atoms with Gasteiger partial charge in [-0.15, -0.1) is 11.3 Å². The molecule has 6 nitrogen and oxygen atoms in total. The molecule has 0 radical (unpaired) electrons. The number of halogens is 2. The van der Waals surface area contributed by atoms with Gasteiger partial charge in [0.05, 0.1) is 13.7 Å². The normalized spacial score (nSPS) is 14.6. The quantitative estimate of drug-likeness (QED) is 0.375. The predicted molar refractivity (Wildman–Crippen MR) is 147 cm³/mol. The third-order valence-corrected chi connectivity index (χ3v) is 7.84. The summed E-state index contributed by atoms with van der Waals surface area (Å²) in [5, 5.41) is 6.67. The Hall–Kier alpha value is -2.42. The minimum atomic E-state index is -0.461. The van der Waals surface area contributed by atoms with Crippen molar-refractivity contribution in [1.29, 1.82) is 0 Å². The molecule has 190 valence electrons. The van der Waals surface area contributed by atoms with E-state index in [0.29, 0.717) is 20.6 Å². The SMILES string of the molecule is COC(=O)c1c(-c2cc(C)ccc2C)csc1NC(=O)CN1CCN(Cc2ccc(Cl)cc2Cl)CC1. The van der Waals surface area contributed by atoms with Crippen molar-refractivity contribution in [3.05, 3.63) is 74.1 Å². The standard InChI is InChI=1S/C27H29Cl2N3O3S/c1-17-4-5-18(2)21(12-17)22-16-36-26(25(22)27(34)35-3)30-24(33)15-32-10-8-31(9-11-32)14-19-6-7-20(28)13-23(19)29/h4-7,12-13,16H,8-11,14-15H2,1-3H3,(H,30,33). The van der Waals surface area contributed by atoms with Crippen LogP contribution in [0.1, 0.15) is 27.0 Å². The molecule has 0 aliphatic carbocycles. The van der Waals surface area contributed by atoms with Crippen LogP contribution in [0, 0.1) is 13.8 Å². The van der Waals surface area contributed by atoms with Crippen LogP contribution in [0.4, 0.5) is 5.00 Å². The van der Waals surface area contributed by atoms with E-state index in [1.54, 1.807) is 6.07 Å². The Balaban J connectivity index is 1.39. The van der Waals surface area contributed by atoms with Crippen molar-refractivity contribution in [2.24, 2.45) is 0 Å². The van der Waals surface area contributed by atoms with E-state index >= 15 is 0 Å². The molecule has 0 atom stereocenters. The van der Waals surface area contributed by atoms with Gasteiger partial charge in [0, 0.05) is 53.7 Å². The average molecular weight is 547 g/mol.